The van der Waals surface area contributed by atoms with Gasteiger partial charge in [-0.1, -0.05) is 6.92 Å². The number of ether oxygens (including phenoxy) is 3. The van der Waals surface area contributed by atoms with Gasteiger partial charge in [-0.2, -0.15) is 0 Å². The first-order chi connectivity index (χ1) is 7.26. The van der Waals surface area contributed by atoms with Crippen LogP contribution in [0.2, 0.25) is 0 Å². The Kier molecular flexibility index (Phi) is 4.28. The monoisotopic (exact) mass is 210 g/mol. The van der Waals surface area contributed by atoms with Crippen LogP contribution < -0.4 is 14.2 Å². The van der Waals surface area contributed by atoms with Crippen molar-refractivity contribution >= 4 is 0 Å². The van der Waals surface area contributed by atoms with Crippen LogP contribution in [0.5, 0.6) is 17.2 Å². The quantitative estimate of drug-likeness (QED) is 0.747. The summed E-state index contributed by atoms with van der Waals surface area (Å²) < 4.78 is 16.1. The number of benzene rings is 1. The van der Waals surface area contributed by atoms with Gasteiger partial charge in [-0.05, 0) is 31.0 Å². The topological polar surface area (TPSA) is 27.7 Å². The molecule has 0 saturated heterocycles. The molecule has 0 bridgehead atoms. The Morgan fingerprint density at radius 1 is 1.00 bits per heavy atom. The van der Waals surface area contributed by atoms with Gasteiger partial charge in [0.15, 0.2) is 11.5 Å². The van der Waals surface area contributed by atoms with E-state index in [0.717, 1.165) is 17.9 Å². The van der Waals surface area contributed by atoms with Gasteiger partial charge in [-0.15, -0.1) is 0 Å². The van der Waals surface area contributed by atoms with Crippen LogP contribution in [0.25, 0.3) is 0 Å². The molecular weight excluding hydrogens is 192 g/mol. The molecular formula is C12H18O3. The molecule has 0 saturated carbocycles. The van der Waals surface area contributed by atoms with E-state index in [1.165, 1.54) is 5.56 Å². The van der Waals surface area contributed by atoms with Crippen LogP contribution >= 0.6 is 0 Å². The standard InChI is InChI=1S/C12H18O3/c1-5-9-7-10(13-3)12(15-6-2)11(8-9)14-4/h7-8H,5-6H2,1-4H3. The summed E-state index contributed by atoms with van der Waals surface area (Å²) in [7, 11) is 3.27. The summed E-state index contributed by atoms with van der Waals surface area (Å²) >= 11 is 0. The molecule has 3 nitrogen and oxygen atoms in total. The Balaban J connectivity index is 3.19. The van der Waals surface area contributed by atoms with Gasteiger partial charge in [0.25, 0.3) is 0 Å². The van der Waals surface area contributed by atoms with E-state index in [-0.39, 0.29) is 0 Å². The van der Waals surface area contributed by atoms with Crippen molar-refractivity contribution in [1.82, 2.24) is 0 Å². The summed E-state index contributed by atoms with van der Waals surface area (Å²) in [5.74, 6) is 2.14. The third-order valence-corrected chi connectivity index (χ3v) is 2.22. The fourth-order valence-electron chi connectivity index (χ4n) is 1.42. The molecule has 84 valence electrons. The molecule has 1 rings (SSSR count). The minimum atomic E-state index is 0.595. The van der Waals surface area contributed by atoms with E-state index in [9.17, 15) is 0 Å². The highest BCUT2D eigenvalue weighted by Crippen LogP contribution is 2.38. The zero-order chi connectivity index (χ0) is 11.3. The molecule has 0 aliphatic rings. The van der Waals surface area contributed by atoms with Crippen molar-refractivity contribution in [3.8, 4) is 17.2 Å². The van der Waals surface area contributed by atoms with Gasteiger partial charge in [-0.3, -0.25) is 0 Å². The van der Waals surface area contributed by atoms with Crippen LogP contribution in [-0.4, -0.2) is 20.8 Å². The van der Waals surface area contributed by atoms with Gasteiger partial charge < -0.3 is 14.2 Å². The van der Waals surface area contributed by atoms with E-state index in [2.05, 4.69) is 6.92 Å². The lowest BCUT2D eigenvalue weighted by Gasteiger charge is -2.14. The minimum absolute atomic E-state index is 0.595. The first-order valence-electron chi connectivity index (χ1n) is 5.14. The van der Waals surface area contributed by atoms with Crippen molar-refractivity contribution in [1.29, 1.82) is 0 Å². The average molecular weight is 210 g/mol. The SMILES string of the molecule is CCOc1c(OC)cc(CC)cc1OC. The summed E-state index contributed by atoms with van der Waals surface area (Å²) in [4.78, 5) is 0. The minimum Gasteiger partial charge on any atom is -0.493 e. The van der Waals surface area contributed by atoms with Crippen molar-refractivity contribution < 1.29 is 14.2 Å². The molecule has 15 heavy (non-hydrogen) atoms. The maximum Gasteiger partial charge on any atom is 0.203 e. The third kappa shape index (κ3) is 2.55. The number of aryl methyl sites for hydroxylation is 1. The Bertz CT molecular complexity index is 296. The Hall–Kier alpha value is -1.38. The lowest BCUT2D eigenvalue weighted by Crippen LogP contribution is -1.99. The molecule has 0 fully saturated rings. The summed E-state index contributed by atoms with van der Waals surface area (Å²) in [6.45, 7) is 4.62. The molecule has 0 amide bonds. The van der Waals surface area contributed by atoms with Crippen LogP contribution in [-0.2, 0) is 6.42 Å². The molecule has 0 aromatic heterocycles. The molecule has 0 spiro atoms. The fourth-order valence-corrected chi connectivity index (χ4v) is 1.42. The molecule has 0 atom stereocenters. The highest BCUT2D eigenvalue weighted by atomic mass is 16.5. The van der Waals surface area contributed by atoms with E-state index >= 15 is 0 Å². The average Bonchev–Trinajstić information content (AvgIpc) is 2.29. The summed E-state index contributed by atoms with van der Waals surface area (Å²) in [5, 5.41) is 0. The van der Waals surface area contributed by atoms with E-state index in [1.807, 2.05) is 19.1 Å². The van der Waals surface area contributed by atoms with Gasteiger partial charge in [0.1, 0.15) is 0 Å². The second-order valence-corrected chi connectivity index (χ2v) is 3.12. The van der Waals surface area contributed by atoms with Crippen molar-refractivity contribution in [3.63, 3.8) is 0 Å². The van der Waals surface area contributed by atoms with Crippen LogP contribution in [0.1, 0.15) is 19.4 Å². The van der Waals surface area contributed by atoms with Crippen molar-refractivity contribution in [2.75, 3.05) is 20.8 Å². The third-order valence-electron chi connectivity index (χ3n) is 2.22. The van der Waals surface area contributed by atoms with E-state index in [4.69, 9.17) is 14.2 Å². The largest absolute Gasteiger partial charge is 0.493 e. The van der Waals surface area contributed by atoms with Crippen molar-refractivity contribution in [2.45, 2.75) is 20.3 Å². The molecule has 0 N–H and O–H groups in total. The van der Waals surface area contributed by atoms with Gasteiger partial charge in [-0.25, -0.2) is 0 Å². The van der Waals surface area contributed by atoms with Gasteiger partial charge in [0.05, 0.1) is 20.8 Å². The predicted molar refractivity (Wildman–Crippen MR) is 60.1 cm³/mol. The first kappa shape index (κ1) is 11.7. The number of hydrogen-bond acceptors (Lipinski definition) is 3. The second kappa shape index (κ2) is 5.49. The van der Waals surface area contributed by atoms with Crippen molar-refractivity contribution in [3.05, 3.63) is 17.7 Å². The Labute approximate surface area is 91.0 Å². The smallest absolute Gasteiger partial charge is 0.203 e. The fraction of sp³-hybridized carbons (Fsp3) is 0.500. The second-order valence-electron chi connectivity index (χ2n) is 3.12. The lowest BCUT2D eigenvalue weighted by molar-refractivity contribution is 0.288. The number of methoxy groups -OCH3 is 2. The van der Waals surface area contributed by atoms with E-state index in [1.54, 1.807) is 14.2 Å². The van der Waals surface area contributed by atoms with E-state index in [0.29, 0.717) is 12.4 Å². The summed E-state index contributed by atoms with van der Waals surface area (Å²) in [6, 6.07) is 3.96. The van der Waals surface area contributed by atoms with Gasteiger partial charge in [0, 0.05) is 0 Å². The molecule has 0 radical (unpaired) electrons. The highest BCUT2D eigenvalue weighted by molar-refractivity contribution is 5.53. The maximum atomic E-state index is 5.50. The van der Waals surface area contributed by atoms with Crippen LogP contribution in [0.15, 0.2) is 12.1 Å². The maximum absolute atomic E-state index is 5.50. The zero-order valence-corrected chi connectivity index (χ0v) is 9.79. The molecule has 1 aromatic rings. The first-order valence-corrected chi connectivity index (χ1v) is 5.14. The lowest BCUT2D eigenvalue weighted by atomic mass is 10.1. The highest BCUT2D eigenvalue weighted by Gasteiger charge is 2.12. The summed E-state index contributed by atoms with van der Waals surface area (Å²) in [5.41, 5.74) is 1.17. The molecule has 0 aliphatic carbocycles. The van der Waals surface area contributed by atoms with E-state index < -0.39 is 0 Å². The van der Waals surface area contributed by atoms with Crippen molar-refractivity contribution in [2.24, 2.45) is 0 Å². The van der Waals surface area contributed by atoms with Gasteiger partial charge >= 0.3 is 0 Å². The molecule has 0 unspecified atom stereocenters. The van der Waals surface area contributed by atoms with Crippen LogP contribution in [0, 0.1) is 0 Å². The van der Waals surface area contributed by atoms with Crippen LogP contribution in [0.3, 0.4) is 0 Å². The Morgan fingerprint density at radius 2 is 1.53 bits per heavy atom. The molecule has 3 heteroatoms. The van der Waals surface area contributed by atoms with Crippen LogP contribution in [0.4, 0.5) is 0 Å². The zero-order valence-electron chi connectivity index (χ0n) is 9.79. The summed E-state index contributed by atoms with van der Waals surface area (Å²) in [6.07, 6.45) is 0.944. The molecule has 0 aliphatic heterocycles. The molecule has 1 aromatic carbocycles. The normalized spacial score (nSPS) is 9.87. The number of hydrogen-bond donors (Lipinski definition) is 0. The molecule has 0 heterocycles. The Morgan fingerprint density at radius 3 is 1.87 bits per heavy atom. The number of rotatable bonds is 5. The van der Waals surface area contributed by atoms with Gasteiger partial charge in [0.2, 0.25) is 5.75 Å². The predicted octanol–water partition coefficient (Wildman–Crippen LogP) is 2.66.